The number of aliphatic hydroxyl groups excluding tert-OH is 1. The quantitative estimate of drug-likeness (QED) is 0.806. The fourth-order valence-electron chi connectivity index (χ4n) is 2.49. The van der Waals surface area contributed by atoms with Crippen molar-refractivity contribution in [2.75, 3.05) is 25.5 Å². The summed E-state index contributed by atoms with van der Waals surface area (Å²) in [7, 11) is 1.81. The third kappa shape index (κ3) is 3.73. The summed E-state index contributed by atoms with van der Waals surface area (Å²) in [4.78, 5) is 14.6. The molecule has 1 amide bonds. The van der Waals surface area contributed by atoms with Crippen LogP contribution in [0.1, 0.15) is 42.6 Å². The Labute approximate surface area is 121 Å². The highest BCUT2D eigenvalue weighted by molar-refractivity contribution is 6.00. The highest BCUT2D eigenvalue weighted by Crippen LogP contribution is 2.21. The van der Waals surface area contributed by atoms with Crippen molar-refractivity contribution in [3.05, 3.63) is 29.3 Å². The van der Waals surface area contributed by atoms with Gasteiger partial charge in [0.25, 0.3) is 5.91 Å². The van der Waals surface area contributed by atoms with Crippen molar-refractivity contribution in [3.63, 3.8) is 0 Å². The van der Waals surface area contributed by atoms with Crippen LogP contribution in [0, 0.1) is 6.92 Å². The van der Waals surface area contributed by atoms with Crippen molar-refractivity contribution >= 4 is 11.6 Å². The molecule has 20 heavy (non-hydrogen) atoms. The Balaban J connectivity index is 3.14. The molecule has 0 aliphatic heterocycles. The van der Waals surface area contributed by atoms with E-state index in [2.05, 4.69) is 19.2 Å². The number of carbonyl (C=O) groups is 1. The Morgan fingerprint density at radius 3 is 2.50 bits per heavy atom. The predicted octanol–water partition coefficient (Wildman–Crippen LogP) is 2.66. The van der Waals surface area contributed by atoms with Gasteiger partial charge in [-0.2, -0.15) is 0 Å². The Morgan fingerprint density at radius 2 is 2.00 bits per heavy atom. The van der Waals surface area contributed by atoms with Crippen LogP contribution in [0.3, 0.4) is 0 Å². The van der Waals surface area contributed by atoms with Gasteiger partial charge in [-0.25, -0.2) is 0 Å². The van der Waals surface area contributed by atoms with Crippen LogP contribution in [0.2, 0.25) is 0 Å². The number of amides is 1. The van der Waals surface area contributed by atoms with E-state index in [4.69, 9.17) is 0 Å². The molecule has 0 radical (unpaired) electrons. The van der Waals surface area contributed by atoms with E-state index in [9.17, 15) is 9.90 Å². The smallest absolute Gasteiger partial charge is 0.256 e. The third-order valence-corrected chi connectivity index (χ3v) is 3.66. The van der Waals surface area contributed by atoms with Crippen LogP contribution < -0.4 is 5.32 Å². The van der Waals surface area contributed by atoms with Gasteiger partial charge in [0.05, 0.1) is 12.2 Å². The summed E-state index contributed by atoms with van der Waals surface area (Å²) in [6.07, 6.45) is 1.78. The second kappa shape index (κ2) is 7.90. The summed E-state index contributed by atoms with van der Waals surface area (Å²) >= 11 is 0. The number of nitrogens with one attached hydrogen (secondary N) is 1. The highest BCUT2D eigenvalue weighted by Gasteiger charge is 2.23. The van der Waals surface area contributed by atoms with Gasteiger partial charge in [0.1, 0.15) is 0 Å². The zero-order chi connectivity index (χ0) is 15.1. The normalized spacial score (nSPS) is 10.7. The van der Waals surface area contributed by atoms with Gasteiger partial charge in [-0.15, -0.1) is 0 Å². The van der Waals surface area contributed by atoms with Crippen molar-refractivity contribution in [2.45, 2.75) is 39.7 Å². The first-order valence-electron chi connectivity index (χ1n) is 7.29. The number of hydrogen-bond acceptors (Lipinski definition) is 3. The molecule has 0 heterocycles. The maximum atomic E-state index is 12.8. The van der Waals surface area contributed by atoms with Gasteiger partial charge < -0.3 is 15.3 Å². The van der Waals surface area contributed by atoms with Gasteiger partial charge in [0.15, 0.2) is 0 Å². The molecular weight excluding hydrogens is 252 g/mol. The first-order chi connectivity index (χ1) is 9.58. The Kier molecular flexibility index (Phi) is 6.52. The van der Waals surface area contributed by atoms with E-state index in [1.165, 1.54) is 0 Å². The van der Waals surface area contributed by atoms with E-state index in [0.29, 0.717) is 12.1 Å². The minimum atomic E-state index is -0.0131. The largest absolute Gasteiger partial charge is 0.395 e. The van der Waals surface area contributed by atoms with Crippen LogP contribution in [0.4, 0.5) is 5.69 Å². The lowest BCUT2D eigenvalue weighted by Gasteiger charge is -2.30. The van der Waals surface area contributed by atoms with E-state index in [-0.39, 0.29) is 18.6 Å². The molecule has 0 bridgehead atoms. The maximum Gasteiger partial charge on any atom is 0.256 e. The van der Waals surface area contributed by atoms with Crippen LogP contribution in [0.25, 0.3) is 0 Å². The van der Waals surface area contributed by atoms with Crippen LogP contribution in [-0.2, 0) is 0 Å². The maximum absolute atomic E-state index is 12.8. The molecule has 112 valence electrons. The van der Waals surface area contributed by atoms with Crippen LogP contribution >= 0.6 is 0 Å². The van der Waals surface area contributed by atoms with Gasteiger partial charge in [0.2, 0.25) is 0 Å². The van der Waals surface area contributed by atoms with E-state index in [1.807, 2.05) is 32.2 Å². The van der Waals surface area contributed by atoms with Gasteiger partial charge in [-0.1, -0.05) is 25.5 Å². The molecule has 1 rings (SSSR count). The molecule has 0 saturated heterocycles. The minimum Gasteiger partial charge on any atom is -0.395 e. The topological polar surface area (TPSA) is 52.6 Å². The lowest BCUT2D eigenvalue weighted by Crippen LogP contribution is -2.41. The number of anilines is 1. The molecule has 0 aromatic heterocycles. The zero-order valence-electron chi connectivity index (χ0n) is 12.9. The standard InChI is InChI=1S/C16H26N2O2/c1-5-13(6-2)18(9-10-19)16(20)14-11-12(3)7-8-15(14)17-4/h7-8,11,13,17,19H,5-6,9-10H2,1-4H3. The first-order valence-corrected chi connectivity index (χ1v) is 7.29. The monoisotopic (exact) mass is 278 g/mol. The number of rotatable bonds is 7. The van der Waals surface area contributed by atoms with Crippen molar-refractivity contribution in [1.29, 1.82) is 0 Å². The molecule has 4 nitrogen and oxygen atoms in total. The van der Waals surface area contributed by atoms with Crippen molar-refractivity contribution in [2.24, 2.45) is 0 Å². The number of benzene rings is 1. The van der Waals surface area contributed by atoms with E-state index in [0.717, 1.165) is 24.1 Å². The second-order valence-corrected chi connectivity index (χ2v) is 4.99. The number of aryl methyl sites for hydroxylation is 1. The lowest BCUT2D eigenvalue weighted by atomic mass is 10.0. The van der Waals surface area contributed by atoms with E-state index >= 15 is 0 Å². The molecule has 0 saturated carbocycles. The van der Waals surface area contributed by atoms with Gasteiger partial charge >= 0.3 is 0 Å². The summed E-state index contributed by atoms with van der Waals surface area (Å²) in [6.45, 7) is 6.48. The predicted molar refractivity (Wildman–Crippen MR) is 83.2 cm³/mol. The molecule has 1 aromatic carbocycles. The molecule has 1 aromatic rings. The first kappa shape index (κ1) is 16.5. The van der Waals surface area contributed by atoms with Gasteiger partial charge in [0, 0.05) is 25.3 Å². The number of hydrogen-bond donors (Lipinski definition) is 2. The molecule has 4 heteroatoms. The molecule has 0 atom stereocenters. The number of carbonyl (C=O) groups excluding carboxylic acids is 1. The molecule has 0 unspecified atom stereocenters. The van der Waals surface area contributed by atoms with Crippen LogP contribution in [0.5, 0.6) is 0 Å². The Bertz CT molecular complexity index is 442. The molecule has 0 aliphatic carbocycles. The van der Waals surface area contributed by atoms with E-state index < -0.39 is 0 Å². The van der Waals surface area contributed by atoms with Crippen LogP contribution in [-0.4, -0.2) is 42.2 Å². The Hall–Kier alpha value is -1.55. The lowest BCUT2D eigenvalue weighted by molar-refractivity contribution is 0.0623. The fraction of sp³-hybridized carbons (Fsp3) is 0.562. The highest BCUT2D eigenvalue weighted by atomic mass is 16.3. The molecule has 0 aliphatic rings. The summed E-state index contributed by atoms with van der Waals surface area (Å²) in [6, 6.07) is 5.98. The average molecular weight is 278 g/mol. The number of nitrogens with zero attached hydrogens (tertiary/aromatic N) is 1. The van der Waals surface area contributed by atoms with E-state index in [1.54, 1.807) is 4.90 Å². The zero-order valence-corrected chi connectivity index (χ0v) is 12.9. The minimum absolute atomic E-state index is 0.0110. The summed E-state index contributed by atoms with van der Waals surface area (Å²) in [5, 5.41) is 12.3. The van der Waals surface area contributed by atoms with Crippen molar-refractivity contribution < 1.29 is 9.90 Å². The summed E-state index contributed by atoms with van der Waals surface area (Å²) < 4.78 is 0. The van der Waals surface area contributed by atoms with Gasteiger partial charge in [-0.05, 0) is 31.9 Å². The second-order valence-electron chi connectivity index (χ2n) is 4.99. The van der Waals surface area contributed by atoms with Crippen molar-refractivity contribution in [3.8, 4) is 0 Å². The average Bonchev–Trinajstić information content (AvgIpc) is 2.46. The number of aliphatic hydroxyl groups is 1. The molecule has 0 spiro atoms. The van der Waals surface area contributed by atoms with Gasteiger partial charge in [-0.3, -0.25) is 4.79 Å². The summed E-state index contributed by atoms with van der Waals surface area (Å²) in [5.41, 5.74) is 2.56. The fourth-order valence-corrected chi connectivity index (χ4v) is 2.49. The van der Waals surface area contributed by atoms with Crippen molar-refractivity contribution in [1.82, 2.24) is 4.90 Å². The summed E-state index contributed by atoms with van der Waals surface area (Å²) in [5.74, 6) is -0.0131. The molecular formula is C16H26N2O2. The molecule has 2 N–H and O–H groups in total. The third-order valence-electron chi connectivity index (χ3n) is 3.66. The van der Waals surface area contributed by atoms with Crippen LogP contribution in [0.15, 0.2) is 18.2 Å². The molecule has 0 fully saturated rings. The Morgan fingerprint density at radius 1 is 1.35 bits per heavy atom. The SMILES string of the molecule is CCC(CC)N(CCO)C(=O)c1cc(C)ccc1NC.